The van der Waals surface area contributed by atoms with Crippen LogP contribution in [0.1, 0.15) is 17.0 Å². The molecule has 1 amide bonds. The number of nitrogens with zero attached hydrogens (tertiary/aromatic N) is 1. The molecule has 2 aromatic rings. The fraction of sp³-hybridized carbons (Fsp3) is 0.353. The summed E-state index contributed by atoms with van der Waals surface area (Å²) in [5, 5.41) is 3.12. The molecule has 21 heavy (non-hydrogen) atoms. The fourth-order valence-corrected chi connectivity index (χ4v) is 3.40. The average molecular weight is 282 g/mol. The predicted molar refractivity (Wildman–Crippen MR) is 79.9 cm³/mol. The molecule has 0 radical (unpaired) electrons. The molecule has 1 aromatic heterocycles. The highest BCUT2D eigenvalue weighted by Crippen LogP contribution is 2.28. The highest BCUT2D eigenvalue weighted by atomic mass is 16.3. The van der Waals surface area contributed by atoms with Gasteiger partial charge in [0, 0.05) is 24.7 Å². The molecule has 3 atom stereocenters. The number of carbonyl (C=O) groups excluding carboxylic acids is 1. The summed E-state index contributed by atoms with van der Waals surface area (Å²) < 4.78 is 5.70. The van der Waals surface area contributed by atoms with Crippen molar-refractivity contribution in [3.8, 4) is 11.3 Å². The van der Waals surface area contributed by atoms with Crippen molar-refractivity contribution in [3.63, 3.8) is 0 Å². The van der Waals surface area contributed by atoms with Crippen LogP contribution < -0.4 is 5.32 Å². The van der Waals surface area contributed by atoms with Gasteiger partial charge in [-0.1, -0.05) is 30.3 Å². The molecule has 4 rings (SSSR count). The number of hydrogen-bond acceptors (Lipinski definition) is 3. The zero-order chi connectivity index (χ0) is 14.2. The highest BCUT2D eigenvalue weighted by molar-refractivity contribution is 5.92. The first kappa shape index (κ1) is 12.7. The number of hydrogen-bond donors (Lipinski definition) is 1. The second-order valence-electron chi connectivity index (χ2n) is 5.92. The molecular weight excluding hydrogens is 264 g/mol. The molecule has 4 heteroatoms. The van der Waals surface area contributed by atoms with Gasteiger partial charge >= 0.3 is 0 Å². The Bertz CT molecular complexity index is 650. The molecule has 1 unspecified atom stereocenters. The Labute approximate surface area is 123 Å². The van der Waals surface area contributed by atoms with E-state index in [1.165, 1.54) is 13.0 Å². The van der Waals surface area contributed by atoms with E-state index < -0.39 is 0 Å². The Morgan fingerprint density at radius 2 is 2.00 bits per heavy atom. The van der Waals surface area contributed by atoms with E-state index in [0.29, 0.717) is 11.7 Å². The lowest BCUT2D eigenvalue weighted by atomic mass is 10.00. The van der Waals surface area contributed by atoms with Crippen molar-refractivity contribution >= 4 is 5.91 Å². The third-order valence-electron chi connectivity index (χ3n) is 4.54. The van der Waals surface area contributed by atoms with Crippen molar-refractivity contribution in [3.05, 3.63) is 48.2 Å². The largest absolute Gasteiger partial charge is 0.451 e. The molecule has 1 N–H and O–H groups in total. The lowest BCUT2D eigenvalue weighted by molar-refractivity contribution is 0.0897. The topological polar surface area (TPSA) is 45.5 Å². The van der Waals surface area contributed by atoms with Crippen molar-refractivity contribution in [2.24, 2.45) is 5.92 Å². The van der Waals surface area contributed by atoms with Gasteiger partial charge in [-0.25, -0.2) is 0 Å². The van der Waals surface area contributed by atoms with Crippen molar-refractivity contribution in [1.82, 2.24) is 10.2 Å². The van der Waals surface area contributed by atoms with Crippen LogP contribution in [-0.2, 0) is 0 Å². The zero-order valence-electron chi connectivity index (χ0n) is 11.8. The maximum atomic E-state index is 12.3. The molecular formula is C17H18N2O2. The van der Waals surface area contributed by atoms with E-state index in [1.807, 2.05) is 36.4 Å². The number of rotatable bonds is 3. The predicted octanol–water partition coefficient (Wildman–Crippen LogP) is 2.38. The summed E-state index contributed by atoms with van der Waals surface area (Å²) in [5.41, 5.74) is 0.989. The van der Waals surface area contributed by atoms with E-state index in [1.54, 1.807) is 6.07 Å². The summed E-state index contributed by atoms with van der Waals surface area (Å²) in [5.74, 6) is 1.64. The Balaban J connectivity index is 1.47. The third-order valence-corrected chi connectivity index (χ3v) is 4.54. The van der Waals surface area contributed by atoms with Gasteiger partial charge in [0.05, 0.1) is 0 Å². The van der Waals surface area contributed by atoms with Gasteiger partial charge < -0.3 is 14.6 Å². The number of amides is 1. The van der Waals surface area contributed by atoms with Gasteiger partial charge in [0.2, 0.25) is 0 Å². The fourth-order valence-electron chi connectivity index (χ4n) is 3.40. The van der Waals surface area contributed by atoms with Gasteiger partial charge in [0.1, 0.15) is 5.76 Å². The van der Waals surface area contributed by atoms with Gasteiger partial charge in [0.25, 0.3) is 5.91 Å². The summed E-state index contributed by atoms with van der Waals surface area (Å²) in [6, 6.07) is 13.7. The van der Waals surface area contributed by atoms with Crippen molar-refractivity contribution < 1.29 is 9.21 Å². The number of nitrogens with one attached hydrogen (secondary N) is 1. The molecule has 2 aliphatic heterocycles. The molecule has 4 nitrogen and oxygen atoms in total. The number of piperidine rings is 1. The lowest BCUT2D eigenvalue weighted by Crippen LogP contribution is -2.43. The average Bonchev–Trinajstić information content (AvgIpc) is 3.24. The summed E-state index contributed by atoms with van der Waals surface area (Å²) in [4.78, 5) is 14.7. The first-order valence-electron chi connectivity index (χ1n) is 7.48. The van der Waals surface area contributed by atoms with Crippen LogP contribution in [0, 0.1) is 5.92 Å². The molecule has 0 aliphatic carbocycles. The van der Waals surface area contributed by atoms with Crippen molar-refractivity contribution in [2.45, 2.75) is 12.5 Å². The standard InChI is InChI=1S/C17H18N2O2/c20-17(18-14-11-19-9-8-13(14)10-19)16-7-6-15(21-16)12-4-2-1-3-5-12/h1-7,13-14H,8-11H2,(H,18,20)/t13-,14+/m1/s1. The maximum Gasteiger partial charge on any atom is 0.287 e. The van der Waals surface area contributed by atoms with Gasteiger partial charge in [-0.2, -0.15) is 0 Å². The third kappa shape index (κ3) is 2.36. The van der Waals surface area contributed by atoms with Gasteiger partial charge in [-0.05, 0) is 31.0 Å². The van der Waals surface area contributed by atoms with Crippen molar-refractivity contribution in [1.29, 1.82) is 0 Å². The van der Waals surface area contributed by atoms with Gasteiger partial charge in [0.15, 0.2) is 5.76 Å². The van der Waals surface area contributed by atoms with Crippen LogP contribution >= 0.6 is 0 Å². The Morgan fingerprint density at radius 1 is 1.14 bits per heavy atom. The summed E-state index contributed by atoms with van der Waals surface area (Å²) >= 11 is 0. The first-order valence-corrected chi connectivity index (χ1v) is 7.48. The number of fused-ring (bicyclic) bond motifs is 2. The molecule has 1 aromatic carbocycles. The van der Waals surface area contributed by atoms with Crippen LogP contribution in [0.3, 0.4) is 0 Å². The Hall–Kier alpha value is -2.07. The molecule has 3 heterocycles. The number of furan rings is 1. The quantitative estimate of drug-likeness (QED) is 0.940. The van der Waals surface area contributed by atoms with Crippen molar-refractivity contribution in [2.75, 3.05) is 19.6 Å². The van der Waals surface area contributed by atoms with Gasteiger partial charge in [-0.15, -0.1) is 0 Å². The van der Waals surface area contributed by atoms with Crippen LogP contribution in [0.4, 0.5) is 0 Å². The molecule has 108 valence electrons. The minimum absolute atomic E-state index is 0.101. The molecule has 2 fully saturated rings. The minimum Gasteiger partial charge on any atom is -0.451 e. The van der Waals surface area contributed by atoms with E-state index in [9.17, 15) is 4.79 Å². The first-order chi connectivity index (χ1) is 10.3. The van der Waals surface area contributed by atoms with Crippen LogP contribution in [0.2, 0.25) is 0 Å². The Kier molecular flexibility index (Phi) is 3.04. The minimum atomic E-state index is -0.101. The Morgan fingerprint density at radius 3 is 2.71 bits per heavy atom. The molecule has 0 spiro atoms. The number of benzene rings is 1. The molecule has 2 saturated heterocycles. The van der Waals surface area contributed by atoms with Crippen LogP contribution in [0.25, 0.3) is 11.3 Å². The highest BCUT2D eigenvalue weighted by Gasteiger charge is 2.38. The van der Waals surface area contributed by atoms with E-state index in [2.05, 4.69) is 10.2 Å². The molecule has 0 saturated carbocycles. The normalized spacial score (nSPS) is 27.0. The zero-order valence-corrected chi connectivity index (χ0v) is 11.8. The smallest absolute Gasteiger partial charge is 0.287 e. The molecule has 2 bridgehead atoms. The summed E-state index contributed by atoms with van der Waals surface area (Å²) in [6.07, 6.45) is 1.19. The lowest BCUT2D eigenvalue weighted by Gasteiger charge is -2.22. The van der Waals surface area contributed by atoms with Crippen LogP contribution in [0.5, 0.6) is 0 Å². The second-order valence-corrected chi connectivity index (χ2v) is 5.92. The van der Waals surface area contributed by atoms with Gasteiger partial charge in [-0.3, -0.25) is 4.79 Å². The summed E-state index contributed by atoms with van der Waals surface area (Å²) in [6.45, 7) is 3.27. The van der Waals surface area contributed by atoms with E-state index in [0.717, 1.165) is 24.4 Å². The maximum absolute atomic E-state index is 12.3. The van der Waals surface area contributed by atoms with Crippen LogP contribution in [-0.4, -0.2) is 36.5 Å². The second kappa shape index (κ2) is 5.04. The van der Waals surface area contributed by atoms with E-state index in [4.69, 9.17) is 4.42 Å². The summed E-state index contributed by atoms with van der Waals surface area (Å²) in [7, 11) is 0. The number of carbonyl (C=O) groups is 1. The SMILES string of the molecule is O=C(N[C@H]1CN2CC[C@@H]1C2)c1ccc(-c2ccccc2)o1. The monoisotopic (exact) mass is 282 g/mol. The van der Waals surface area contributed by atoms with E-state index in [-0.39, 0.29) is 11.9 Å². The van der Waals surface area contributed by atoms with E-state index >= 15 is 0 Å². The van der Waals surface area contributed by atoms with Crippen LogP contribution in [0.15, 0.2) is 46.9 Å². The molecule has 2 aliphatic rings.